The summed E-state index contributed by atoms with van der Waals surface area (Å²) in [4.78, 5) is 0. The molecule has 2 unspecified atom stereocenters. The van der Waals surface area contributed by atoms with E-state index in [9.17, 15) is 0 Å². The lowest BCUT2D eigenvalue weighted by Crippen LogP contribution is -2.32. The van der Waals surface area contributed by atoms with Crippen molar-refractivity contribution in [3.63, 3.8) is 0 Å². The van der Waals surface area contributed by atoms with Crippen LogP contribution in [0.5, 0.6) is 0 Å². The third-order valence-corrected chi connectivity index (χ3v) is 9.76. The average Bonchev–Trinajstić information content (AvgIpc) is 2.96. The van der Waals surface area contributed by atoms with Gasteiger partial charge in [0.05, 0.1) is 22.1 Å². The minimum Gasteiger partial charge on any atom is -0.269 e. The summed E-state index contributed by atoms with van der Waals surface area (Å²) in [5, 5.41) is 3.82. The number of anilines is 1. The quantitative estimate of drug-likeness (QED) is 0.755. The maximum atomic E-state index is 3.82. The van der Waals surface area contributed by atoms with Crippen molar-refractivity contribution in [1.82, 2.24) is 14.5 Å². The van der Waals surface area contributed by atoms with Crippen LogP contribution in [0.2, 0.25) is 0 Å². The molecule has 0 bridgehead atoms. The summed E-state index contributed by atoms with van der Waals surface area (Å²) in [5.74, 6) is 1.27. The van der Waals surface area contributed by atoms with Crippen molar-refractivity contribution in [1.29, 1.82) is 0 Å². The van der Waals surface area contributed by atoms with Gasteiger partial charge in [0.1, 0.15) is 0 Å². The molecule has 1 aromatic carbocycles. The van der Waals surface area contributed by atoms with E-state index in [1.807, 2.05) is 0 Å². The van der Waals surface area contributed by atoms with Crippen molar-refractivity contribution in [2.24, 2.45) is 0 Å². The Bertz CT molecular complexity index is 409. The molecule has 1 aliphatic heterocycles. The van der Waals surface area contributed by atoms with Crippen molar-refractivity contribution in [2.75, 3.05) is 36.9 Å². The minimum absolute atomic E-state index is 0.258. The van der Waals surface area contributed by atoms with Crippen LogP contribution in [0.25, 0.3) is 0 Å². The first kappa shape index (κ1) is 17.1. The van der Waals surface area contributed by atoms with Gasteiger partial charge in [0.15, 0.2) is 0 Å². The zero-order chi connectivity index (χ0) is 15.2. The van der Waals surface area contributed by atoms with Gasteiger partial charge in [-0.25, -0.2) is 0 Å². The maximum Gasteiger partial charge on any atom is 0.0906 e. The molecular weight excluding hydrogens is 298 g/mol. The van der Waals surface area contributed by atoms with Crippen molar-refractivity contribution in [3.05, 3.63) is 30.3 Å². The summed E-state index contributed by atoms with van der Waals surface area (Å²) >= 11 is 0. The summed E-state index contributed by atoms with van der Waals surface area (Å²) in [6.45, 7) is 13.6. The predicted molar refractivity (Wildman–Crippen MR) is 96.6 cm³/mol. The third kappa shape index (κ3) is 3.94. The van der Waals surface area contributed by atoms with Crippen LogP contribution in [0.1, 0.15) is 27.7 Å². The normalized spacial score (nSPS) is 22.5. The number of rotatable bonds is 7. The number of hydrogen-bond acceptors (Lipinski definition) is 4. The van der Waals surface area contributed by atoms with Crippen molar-refractivity contribution in [2.45, 2.75) is 27.7 Å². The van der Waals surface area contributed by atoms with Gasteiger partial charge in [-0.2, -0.15) is 5.20 Å². The molecule has 0 spiro atoms. The largest absolute Gasteiger partial charge is 0.269 e. The molecule has 0 radical (unpaired) electrons. The second kappa shape index (κ2) is 8.41. The first-order valence-electron chi connectivity index (χ1n) is 7.91. The first-order valence-corrected chi connectivity index (χ1v) is 10.8. The highest BCUT2D eigenvalue weighted by Crippen LogP contribution is 2.62. The molecule has 2 atom stereocenters. The van der Waals surface area contributed by atoms with E-state index in [-0.39, 0.29) is 16.4 Å². The standard InChI is InChI=1S/C15H28N4P2/c1-5-17(6-2)20-14-21(18(7-3)8-4)19(16-20)15-12-10-9-11-13-15/h9-13,16H,5-8,14H2,1-4H3. The van der Waals surface area contributed by atoms with Crippen LogP contribution in [-0.2, 0) is 0 Å². The smallest absolute Gasteiger partial charge is 0.0906 e. The first-order chi connectivity index (χ1) is 10.2. The van der Waals surface area contributed by atoms with Crippen molar-refractivity contribution in [3.8, 4) is 0 Å². The molecule has 4 nitrogen and oxygen atoms in total. The molecule has 1 heterocycles. The molecule has 0 saturated carbocycles. The highest BCUT2D eigenvalue weighted by atomic mass is 31.2. The Morgan fingerprint density at radius 3 is 2.05 bits per heavy atom. The minimum atomic E-state index is -0.289. The fraction of sp³-hybridized carbons (Fsp3) is 0.600. The van der Waals surface area contributed by atoms with Crippen LogP contribution in [-0.4, -0.2) is 41.4 Å². The Balaban J connectivity index is 2.22. The molecule has 0 aromatic heterocycles. The van der Waals surface area contributed by atoms with Crippen LogP contribution in [0.3, 0.4) is 0 Å². The van der Waals surface area contributed by atoms with Gasteiger partial charge < -0.3 is 0 Å². The fourth-order valence-corrected chi connectivity index (χ4v) is 8.94. The second-order valence-electron chi connectivity index (χ2n) is 4.94. The lowest BCUT2D eigenvalue weighted by molar-refractivity contribution is 0.503. The molecule has 1 N–H and O–H groups in total. The Kier molecular flexibility index (Phi) is 6.85. The molecule has 1 fully saturated rings. The van der Waals surface area contributed by atoms with Crippen LogP contribution >= 0.6 is 16.4 Å². The topological polar surface area (TPSA) is 21.8 Å². The van der Waals surface area contributed by atoms with Crippen LogP contribution in [0.4, 0.5) is 5.69 Å². The number of nitrogens with zero attached hydrogens (tertiary/aromatic N) is 3. The number of para-hydroxylation sites is 1. The van der Waals surface area contributed by atoms with Gasteiger partial charge in [0.2, 0.25) is 0 Å². The van der Waals surface area contributed by atoms with E-state index in [0.29, 0.717) is 0 Å². The zero-order valence-electron chi connectivity index (χ0n) is 13.7. The van der Waals surface area contributed by atoms with Crippen molar-refractivity contribution < 1.29 is 0 Å². The van der Waals surface area contributed by atoms with E-state index in [0.717, 1.165) is 26.2 Å². The lowest BCUT2D eigenvalue weighted by atomic mass is 10.3. The summed E-state index contributed by atoms with van der Waals surface area (Å²) < 4.78 is 7.64. The SMILES string of the molecule is CCN(CC)P1CP(N(CC)CC)N(c2ccccc2)N1. The van der Waals surface area contributed by atoms with Crippen LogP contribution in [0, 0.1) is 0 Å². The van der Waals surface area contributed by atoms with Gasteiger partial charge in [-0.15, -0.1) is 0 Å². The molecule has 0 aliphatic carbocycles. The van der Waals surface area contributed by atoms with Crippen LogP contribution < -0.4 is 9.98 Å². The molecule has 1 saturated heterocycles. The molecule has 6 heteroatoms. The Hall–Kier alpha value is -0.240. The monoisotopic (exact) mass is 326 g/mol. The summed E-state index contributed by atoms with van der Waals surface area (Å²) in [7, 11) is -0.547. The molecule has 1 aromatic rings. The molecular formula is C15H28N4P2. The maximum absolute atomic E-state index is 3.82. The van der Waals surface area contributed by atoms with Gasteiger partial charge in [0, 0.05) is 32.1 Å². The average molecular weight is 326 g/mol. The zero-order valence-corrected chi connectivity index (χ0v) is 15.4. The number of hydrogen-bond donors (Lipinski definition) is 1. The van der Waals surface area contributed by atoms with E-state index in [4.69, 9.17) is 0 Å². The van der Waals surface area contributed by atoms with Crippen LogP contribution in [0.15, 0.2) is 30.3 Å². The van der Waals surface area contributed by atoms with Gasteiger partial charge in [-0.05, 0) is 12.1 Å². The predicted octanol–water partition coefficient (Wildman–Crippen LogP) is 4.28. The number of nitrogens with one attached hydrogen (secondary N) is 1. The number of benzene rings is 1. The number of hydrazine groups is 1. The molecule has 1 aliphatic rings. The van der Waals surface area contributed by atoms with Gasteiger partial charge in [0.25, 0.3) is 0 Å². The van der Waals surface area contributed by atoms with E-state index in [1.54, 1.807) is 0 Å². The summed E-state index contributed by atoms with van der Waals surface area (Å²) in [5.41, 5.74) is 1.30. The van der Waals surface area contributed by atoms with E-state index in [1.165, 1.54) is 11.6 Å². The Morgan fingerprint density at radius 1 is 0.952 bits per heavy atom. The summed E-state index contributed by atoms with van der Waals surface area (Å²) in [6, 6.07) is 10.8. The Morgan fingerprint density at radius 2 is 1.52 bits per heavy atom. The van der Waals surface area contributed by atoms with Gasteiger partial charge in [-0.1, -0.05) is 45.9 Å². The van der Waals surface area contributed by atoms with Gasteiger partial charge in [-0.3, -0.25) is 14.1 Å². The van der Waals surface area contributed by atoms with E-state index >= 15 is 0 Å². The Labute approximate surface area is 132 Å². The summed E-state index contributed by atoms with van der Waals surface area (Å²) in [6.07, 6.45) is 0. The second-order valence-corrected chi connectivity index (χ2v) is 9.34. The van der Waals surface area contributed by atoms with E-state index < -0.39 is 0 Å². The lowest BCUT2D eigenvalue weighted by Gasteiger charge is -2.33. The third-order valence-electron chi connectivity index (χ3n) is 3.83. The molecule has 21 heavy (non-hydrogen) atoms. The highest BCUT2D eigenvalue weighted by Gasteiger charge is 2.37. The fourth-order valence-electron chi connectivity index (χ4n) is 2.62. The molecule has 118 valence electrons. The highest BCUT2D eigenvalue weighted by molar-refractivity contribution is 7.75. The van der Waals surface area contributed by atoms with Crippen molar-refractivity contribution >= 4 is 22.1 Å². The van der Waals surface area contributed by atoms with E-state index in [2.05, 4.69) is 77.3 Å². The molecule has 0 amide bonds. The van der Waals surface area contributed by atoms with Gasteiger partial charge >= 0.3 is 0 Å². The molecule has 2 rings (SSSR count).